The van der Waals surface area contributed by atoms with E-state index in [-0.39, 0.29) is 11.7 Å². The summed E-state index contributed by atoms with van der Waals surface area (Å²) in [6.45, 7) is 0. The molecule has 35 heavy (non-hydrogen) atoms. The van der Waals surface area contributed by atoms with Crippen LogP contribution in [0.4, 0.5) is 5.69 Å². The molecule has 0 aliphatic rings. The molecule has 0 radical (unpaired) electrons. The molecule has 3 aromatic rings. The summed E-state index contributed by atoms with van der Waals surface area (Å²) in [7, 11) is 2.25. The van der Waals surface area contributed by atoms with E-state index in [1.807, 2.05) is 6.07 Å². The summed E-state index contributed by atoms with van der Waals surface area (Å²) in [5, 5.41) is 3.88. The molecule has 0 aliphatic heterocycles. The molecule has 0 atom stereocenters. The van der Waals surface area contributed by atoms with Crippen LogP contribution in [0.2, 0.25) is 0 Å². The van der Waals surface area contributed by atoms with Gasteiger partial charge in [-0.3, -0.25) is 4.79 Å². The molecule has 0 unspecified atom stereocenters. The highest BCUT2D eigenvalue weighted by Gasteiger charge is 2.16. The number of nitrogens with one attached hydrogen (secondary N) is 1. The summed E-state index contributed by atoms with van der Waals surface area (Å²) in [5.41, 5.74) is 1.78. The van der Waals surface area contributed by atoms with Crippen molar-refractivity contribution in [1.29, 1.82) is 0 Å². The van der Waals surface area contributed by atoms with Gasteiger partial charge >= 0.3 is 0 Å². The molecule has 0 bridgehead atoms. The molecule has 3 aromatic carbocycles. The number of ether oxygens (including phenoxy) is 4. The van der Waals surface area contributed by atoms with Gasteiger partial charge in [0.1, 0.15) is 23.0 Å². The van der Waals surface area contributed by atoms with Crippen molar-refractivity contribution in [1.82, 2.24) is 0 Å². The van der Waals surface area contributed by atoms with E-state index in [4.69, 9.17) is 18.9 Å². The molecular weight excluding hydrogens is 470 g/mol. The lowest BCUT2D eigenvalue weighted by Gasteiger charge is -2.13. The van der Waals surface area contributed by atoms with Crippen molar-refractivity contribution in [2.24, 2.45) is 0 Å². The van der Waals surface area contributed by atoms with Crippen LogP contribution < -0.4 is 24.3 Å². The number of carbonyl (C=O) groups is 1. The summed E-state index contributed by atoms with van der Waals surface area (Å²) < 4.78 is 47.1. The summed E-state index contributed by atoms with van der Waals surface area (Å²) in [5.74, 6) is 1.12. The minimum absolute atomic E-state index is 0.289. The van der Waals surface area contributed by atoms with Gasteiger partial charge in [-0.25, -0.2) is 8.42 Å². The molecule has 1 amide bonds. The van der Waals surface area contributed by atoms with E-state index in [0.717, 1.165) is 5.41 Å². The maximum Gasteiger partial charge on any atom is 0.255 e. The van der Waals surface area contributed by atoms with Gasteiger partial charge in [-0.1, -0.05) is 24.3 Å². The monoisotopic (exact) mass is 497 g/mol. The van der Waals surface area contributed by atoms with Crippen LogP contribution in [-0.4, -0.2) is 42.8 Å². The molecule has 3 rings (SSSR count). The Balaban J connectivity index is 1.85. The fourth-order valence-electron chi connectivity index (χ4n) is 3.38. The van der Waals surface area contributed by atoms with Crippen molar-refractivity contribution < 1.29 is 32.2 Å². The molecule has 0 saturated heterocycles. The minimum atomic E-state index is -3.69. The lowest BCUT2D eigenvalue weighted by molar-refractivity contribution is 0.102. The van der Waals surface area contributed by atoms with Gasteiger partial charge in [-0.2, -0.15) is 0 Å². The Bertz CT molecular complexity index is 1290. The first-order chi connectivity index (χ1) is 16.8. The summed E-state index contributed by atoms with van der Waals surface area (Å²) in [6, 6.07) is 16.8. The Morgan fingerprint density at radius 1 is 0.829 bits per heavy atom. The van der Waals surface area contributed by atoms with E-state index in [1.54, 1.807) is 54.6 Å². The van der Waals surface area contributed by atoms with Gasteiger partial charge < -0.3 is 24.3 Å². The highest BCUT2D eigenvalue weighted by atomic mass is 32.2. The average molecular weight is 498 g/mol. The van der Waals surface area contributed by atoms with Crippen LogP contribution in [0.1, 0.15) is 21.5 Å². The van der Waals surface area contributed by atoms with Crippen molar-refractivity contribution in [3.63, 3.8) is 0 Å². The molecule has 0 spiro atoms. The number of sulfone groups is 1. The number of methoxy groups -OCH3 is 4. The SMILES string of the molecule is COc1cc(OC)c(C=CS(=O)(=O)Cc2ccc(OC)c(NC(=O)c3ccccc3)c2)c(OC)c1. The smallest absolute Gasteiger partial charge is 0.255 e. The molecule has 0 fully saturated rings. The molecule has 1 N–H and O–H groups in total. The van der Waals surface area contributed by atoms with E-state index in [2.05, 4.69) is 5.32 Å². The largest absolute Gasteiger partial charge is 0.496 e. The molecule has 0 heterocycles. The number of rotatable bonds is 10. The normalized spacial score (nSPS) is 11.2. The molecule has 8 nitrogen and oxygen atoms in total. The zero-order chi connectivity index (χ0) is 25.4. The Hall–Kier alpha value is -3.98. The third-order valence-corrected chi connectivity index (χ3v) is 6.40. The van der Waals surface area contributed by atoms with Crippen molar-refractivity contribution in [3.05, 3.63) is 82.8 Å². The van der Waals surface area contributed by atoms with Crippen LogP contribution in [0.25, 0.3) is 6.08 Å². The number of carbonyl (C=O) groups excluding carboxylic acids is 1. The Morgan fingerprint density at radius 3 is 2.03 bits per heavy atom. The van der Waals surface area contributed by atoms with Crippen LogP contribution in [0, 0.1) is 0 Å². The van der Waals surface area contributed by atoms with E-state index < -0.39 is 9.84 Å². The summed E-state index contributed by atoms with van der Waals surface area (Å²) in [4.78, 5) is 12.6. The Morgan fingerprint density at radius 2 is 1.46 bits per heavy atom. The average Bonchev–Trinajstić information content (AvgIpc) is 2.87. The standard InChI is InChI=1S/C26H27NO7S/c1-31-20-15-24(33-3)21(25(16-20)34-4)12-13-35(29,30)17-18-10-11-23(32-2)22(14-18)27-26(28)19-8-6-5-7-9-19/h5-16H,17H2,1-4H3,(H,27,28). The van der Waals surface area contributed by atoms with Crippen LogP contribution in [0.3, 0.4) is 0 Å². The fraction of sp³-hybridized carbons (Fsp3) is 0.192. The number of hydrogen-bond acceptors (Lipinski definition) is 7. The van der Waals surface area contributed by atoms with Crippen LogP contribution in [0.15, 0.2) is 66.1 Å². The second kappa shape index (κ2) is 11.4. The van der Waals surface area contributed by atoms with Crippen LogP contribution in [0.5, 0.6) is 23.0 Å². The molecular formula is C26H27NO7S. The van der Waals surface area contributed by atoms with Gasteiger partial charge in [0.2, 0.25) is 0 Å². The van der Waals surface area contributed by atoms with Gasteiger partial charge in [0.25, 0.3) is 5.91 Å². The lowest BCUT2D eigenvalue weighted by atomic mass is 10.1. The van der Waals surface area contributed by atoms with E-state index in [0.29, 0.717) is 45.4 Å². The Kier molecular flexibility index (Phi) is 8.38. The topological polar surface area (TPSA) is 100 Å². The van der Waals surface area contributed by atoms with Gasteiger partial charge in [0.05, 0.1) is 45.4 Å². The predicted octanol–water partition coefficient (Wildman–Crippen LogP) is 4.56. The fourth-order valence-corrected chi connectivity index (χ4v) is 4.46. The first kappa shape index (κ1) is 25.6. The van der Waals surface area contributed by atoms with Crippen molar-refractivity contribution in [2.75, 3.05) is 33.8 Å². The minimum Gasteiger partial charge on any atom is -0.496 e. The maximum absolute atomic E-state index is 12.9. The zero-order valence-electron chi connectivity index (χ0n) is 19.9. The third kappa shape index (κ3) is 6.54. The number of anilines is 1. The van der Waals surface area contributed by atoms with Gasteiger partial charge in [0, 0.05) is 23.1 Å². The van der Waals surface area contributed by atoms with E-state index >= 15 is 0 Å². The van der Waals surface area contributed by atoms with Gasteiger partial charge in [0.15, 0.2) is 9.84 Å². The number of amides is 1. The van der Waals surface area contributed by atoms with Gasteiger partial charge in [-0.05, 0) is 35.9 Å². The van der Waals surface area contributed by atoms with E-state index in [9.17, 15) is 13.2 Å². The summed E-state index contributed by atoms with van der Waals surface area (Å²) in [6.07, 6.45) is 1.42. The van der Waals surface area contributed by atoms with Gasteiger partial charge in [-0.15, -0.1) is 0 Å². The second-order valence-electron chi connectivity index (χ2n) is 7.41. The van der Waals surface area contributed by atoms with Crippen LogP contribution in [-0.2, 0) is 15.6 Å². The zero-order valence-corrected chi connectivity index (χ0v) is 20.7. The first-order valence-electron chi connectivity index (χ1n) is 10.5. The molecule has 9 heteroatoms. The highest BCUT2D eigenvalue weighted by molar-refractivity contribution is 7.93. The Labute approximate surface area is 205 Å². The van der Waals surface area contributed by atoms with Crippen LogP contribution >= 0.6 is 0 Å². The summed E-state index contributed by atoms with van der Waals surface area (Å²) >= 11 is 0. The molecule has 0 aliphatic carbocycles. The first-order valence-corrected chi connectivity index (χ1v) is 12.3. The van der Waals surface area contributed by atoms with Crippen molar-refractivity contribution >= 4 is 27.5 Å². The predicted molar refractivity (Wildman–Crippen MR) is 135 cm³/mol. The molecule has 0 aromatic heterocycles. The second-order valence-corrected chi connectivity index (χ2v) is 9.30. The number of benzene rings is 3. The van der Waals surface area contributed by atoms with Crippen molar-refractivity contribution in [2.45, 2.75) is 5.75 Å². The highest BCUT2D eigenvalue weighted by Crippen LogP contribution is 2.35. The molecule has 0 saturated carbocycles. The molecule has 184 valence electrons. The lowest BCUT2D eigenvalue weighted by Crippen LogP contribution is -2.13. The maximum atomic E-state index is 12.9. The quantitative estimate of drug-likeness (QED) is 0.438. The van der Waals surface area contributed by atoms with Crippen molar-refractivity contribution in [3.8, 4) is 23.0 Å². The van der Waals surface area contributed by atoms with E-state index in [1.165, 1.54) is 34.5 Å². The third-order valence-electron chi connectivity index (χ3n) is 5.11. The number of hydrogen-bond donors (Lipinski definition) is 1.